The van der Waals surface area contributed by atoms with Crippen LogP contribution in [0.1, 0.15) is 31.5 Å². The summed E-state index contributed by atoms with van der Waals surface area (Å²) in [5, 5.41) is 3.94. The first-order valence-corrected chi connectivity index (χ1v) is 10.1. The minimum Gasteiger partial charge on any atom is -0.395 e. The van der Waals surface area contributed by atoms with Crippen LogP contribution in [0.5, 0.6) is 0 Å². The lowest BCUT2D eigenvalue weighted by Gasteiger charge is -2.22. The van der Waals surface area contributed by atoms with Gasteiger partial charge in [0.2, 0.25) is 0 Å². The number of pyridine rings is 1. The number of rotatable bonds is 8. The molecule has 5 N–H and O–H groups in total. The van der Waals surface area contributed by atoms with Crippen LogP contribution in [-0.4, -0.2) is 27.4 Å². The largest absolute Gasteiger partial charge is 0.395 e. The highest BCUT2D eigenvalue weighted by atomic mass is 32.1. The van der Waals surface area contributed by atoms with Gasteiger partial charge in [0.15, 0.2) is 0 Å². The number of alkyl halides is 2. The lowest BCUT2D eigenvalue weighted by molar-refractivity contribution is -0.0277. The summed E-state index contributed by atoms with van der Waals surface area (Å²) in [6, 6.07) is 11.0. The number of halogens is 2. The molecule has 162 valence electrons. The summed E-state index contributed by atoms with van der Waals surface area (Å²) in [6.45, 7) is 1.23. The summed E-state index contributed by atoms with van der Waals surface area (Å²) in [7, 11) is 0. The van der Waals surface area contributed by atoms with Gasteiger partial charge in [-0.05, 0) is 18.6 Å². The second-order valence-electron chi connectivity index (χ2n) is 6.80. The molecule has 0 atom stereocenters. The van der Waals surface area contributed by atoms with Crippen molar-refractivity contribution in [3.63, 3.8) is 0 Å². The molecule has 0 saturated heterocycles. The van der Waals surface area contributed by atoms with Crippen molar-refractivity contribution in [3.05, 3.63) is 87.8 Å². The second kappa shape index (κ2) is 9.63. The number of hydrazine groups is 1. The predicted octanol–water partition coefficient (Wildman–Crippen LogP) is 3.00. The second-order valence-corrected chi connectivity index (χ2v) is 7.80. The third kappa shape index (κ3) is 5.83. The van der Waals surface area contributed by atoms with Gasteiger partial charge in [0.05, 0.1) is 11.4 Å². The Morgan fingerprint density at radius 3 is 2.68 bits per heavy atom. The highest BCUT2D eigenvalue weighted by Gasteiger charge is 2.32. The number of aryl methyl sites for hydroxylation is 1. The van der Waals surface area contributed by atoms with E-state index in [1.54, 1.807) is 31.5 Å². The highest BCUT2D eigenvalue weighted by Crippen LogP contribution is 2.29. The fourth-order valence-corrected chi connectivity index (χ4v) is 3.68. The van der Waals surface area contributed by atoms with Crippen LogP contribution in [-0.2, 0) is 12.5 Å². The number of benzene rings is 1. The van der Waals surface area contributed by atoms with Crippen LogP contribution >= 0.6 is 11.3 Å². The first-order chi connectivity index (χ1) is 14.8. The third-order valence-corrected chi connectivity index (χ3v) is 5.51. The van der Waals surface area contributed by atoms with Gasteiger partial charge in [-0.1, -0.05) is 36.4 Å². The number of carbonyl (C=O) groups excluding carboxylic acids is 1. The maximum Gasteiger partial charge on any atom is 0.291 e. The Morgan fingerprint density at radius 1 is 1.26 bits per heavy atom. The van der Waals surface area contributed by atoms with Gasteiger partial charge >= 0.3 is 0 Å². The van der Waals surface area contributed by atoms with Gasteiger partial charge in [0.25, 0.3) is 11.8 Å². The fraction of sp³-hybridized carbons (Fsp3) is 0.190. The number of nitrogens with two attached hydrogens (primary N) is 2. The van der Waals surface area contributed by atoms with Crippen LogP contribution in [0.2, 0.25) is 0 Å². The fourth-order valence-electron chi connectivity index (χ4n) is 2.78. The number of aromatic nitrogens is 2. The van der Waals surface area contributed by atoms with Crippen molar-refractivity contribution in [3.8, 4) is 0 Å². The summed E-state index contributed by atoms with van der Waals surface area (Å²) >= 11 is 1.07. The summed E-state index contributed by atoms with van der Waals surface area (Å²) in [5.74, 6) is 2.27. The van der Waals surface area contributed by atoms with E-state index in [1.165, 1.54) is 30.5 Å². The molecule has 2 aromatic heterocycles. The summed E-state index contributed by atoms with van der Waals surface area (Å²) in [4.78, 5) is 21.1. The zero-order valence-electron chi connectivity index (χ0n) is 16.8. The molecule has 0 aliphatic rings. The van der Waals surface area contributed by atoms with E-state index >= 15 is 0 Å². The van der Waals surface area contributed by atoms with Crippen molar-refractivity contribution in [2.24, 2.45) is 11.6 Å². The van der Waals surface area contributed by atoms with Gasteiger partial charge < -0.3 is 16.1 Å². The maximum absolute atomic E-state index is 14.4. The number of hydrogen-bond donors (Lipinski definition) is 3. The molecule has 31 heavy (non-hydrogen) atoms. The SMILES string of the molecule is Cc1nc(/C(N)=C/N(N)CC(F)(F)c2ccccc2)sc1C(=O)NCc1cccnc1. The molecule has 0 radical (unpaired) electrons. The summed E-state index contributed by atoms with van der Waals surface area (Å²) < 4.78 is 28.8. The van der Waals surface area contributed by atoms with Crippen LogP contribution in [0.25, 0.3) is 5.70 Å². The van der Waals surface area contributed by atoms with E-state index in [4.69, 9.17) is 11.6 Å². The Bertz CT molecular complexity index is 1060. The van der Waals surface area contributed by atoms with Gasteiger partial charge in [-0.3, -0.25) is 9.78 Å². The Balaban J connectivity index is 1.67. The minimum atomic E-state index is -3.16. The van der Waals surface area contributed by atoms with Crippen LogP contribution in [0.4, 0.5) is 8.78 Å². The van der Waals surface area contributed by atoms with Gasteiger partial charge in [0.1, 0.15) is 16.4 Å². The zero-order valence-corrected chi connectivity index (χ0v) is 17.6. The molecule has 1 amide bonds. The molecular formula is C21H22F2N6OS. The first-order valence-electron chi connectivity index (χ1n) is 9.33. The summed E-state index contributed by atoms with van der Waals surface area (Å²) in [5.41, 5.74) is 7.29. The van der Waals surface area contributed by atoms with Crippen LogP contribution in [0.3, 0.4) is 0 Å². The van der Waals surface area contributed by atoms with Crippen LogP contribution < -0.4 is 16.9 Å². The number of carbonyl (C=O) groups is 1. The summed E-state index contributed by atoms with van der Waals surface area (Å²) in [6.07, 6.45) is 4.50. The molecule has 0 bridgehead atoms. The topological polar surface area (TPSA) is 110 Å². The Labute approximate surface area is 182 Å². The molecule has 0 aliphatic heterocycles. The standard InChI is InChI=1S/C21H22F2N6OS/c1-14-18(19(30)27-11-15-6-5-9-26-10-15)31-20(28-14)17(24)12-29(25)13-21(22,23)16-7-3-2-4-8-16/h2-10,12H,11,13,24-25H2,1H3,(H,27,30)/b17-12-. The number of thiazole rings is 1. The molecule has 7 nitrogen and oxygen atoms in total. The van der Waals surface area contributed by atoms with Crippen molar-refractivity contribution in [1.29, 1.82) is 0 Å². The Morgan fingerprint density at radius 2 is 2.00 bits per heavy atom. The van der Waals surface area contributed by atoms with E-state index in [2.05, 4.69) is 15.3 Å². The Kier molecular flexibility index (Phi) is 6.93. The molecule has 2 heterocycles. The number of hydrogen-bond acceptors (Lipinski definition) is 7. The van der Waals surface area contributed by atoms with E-state index in [9.17, 15) is 13.6 Å². The molecule has 0 aliphatic carbocycles. The molecule has 3 rings (SSSR count). The van der Waals surface area contributed by atoms with Gasteiger partial charge in [-0.25, -0.2) is 10.8 Å². The normalized spacial score (nSPS) is 11.9. The van der Waals surface area contributed by atoms with Gasteiger partial charge in [0, 0.05) is 30.7 Å². The number of amides is 1. The van der Waals surface area contributed by atoms with E-state index in [-0.39, 0.29) is 17.2 Å². The molecule has 0 spiro atoms. The average molecular weight is 445 g/mol. The lowest BCUT2D eigenvalue weighted by Crippen LogP contribution is -2.37. The molecular weight excluding hydrogens is 422 g/mol. The smallest absolute Gasteiger partial charge is 0.291 e. The lowest BCUT2D eigenvalue weighted by atomic mass is 10.1. The zero-order chi connectivity index (χ0) is 22.4. The van der Waals surface area contributed by atoms with Crippen molar-refractivity contribution >= 4 is 22.9 Å². The van der Waals surface area contributed by atoms with Crippen molar-refractivity contribution in [2.75, 3.05) is 6.54 Å². The molecule has 1 aromatic carbocycles. The monoisotopic (exact) mass is 444 g/mol. The minimum absolute atomic E-state index is 0.0887. The van der Waals surface area contributed by atoms with Gasteiger partial charge in [-0.15, -0.1) is 11.3 Å². The van der Waals surface area contributed by atoms with Crippen molar-refractivity contribution < 1.29 is 13.6 Å². The Hall–Kier alpha value is -3.37. The van der Waals surface area contributed by atoms with E-state index in [1.807, 2.05) is 6.07 Å². The average Bonchev–Trinajstić information content (AvgIpc) is 3.15. The molecule has 0 fully saturated rings. The molecule has 0 unspecified atom stereocenters. The van der Waals surface area contributed by atoms with Crippen molar-refractivity contribution in [1.82, 2.24) is 20.3 Å². The molecule has 0 saturated carbocycles. The van der Waals surface area contributed by atoms with Crippen LogP contribution in [0, 0.1) is 6.92 Å². The van der Waals surface area contributed by atoms with E-state index < -0.39 is 12.5 Å². The maximum atomic E-state index is 14.4. The van der Waals surface area contributed by atoms with Crippen LogP contribution in [0.15, 0.2) is 61.1 Å². The molecule has 3 aromatic rings. The van der Waals surface area contributed by atoms with Gasteiger partial charge in [-0.2, -0.15) is 8.78 Å². The number of nitrogens with zero attached hydrogens (tertiary/aromatic N) is 3. The van der Waals surface area contributed by atoms with Crippen molar-refractivity contribution in [2.45, 2.75) is 19.4 Å². The highest BCUT2D eigenvalue weighted by molar-refractivity contribution is 7.14. The third-order valence-electron chi connectivity index (χ3n) is 4.31. The predicted molar refractivity (Wildman–Crippen MR) is 116 cm³/mol. The quantitative estimate of drug-likeness (QED) is 0.364. The van der Waals surface area contributed by atoms with E-state index in [0.717, 1.165) is 21.9 Å². The molecule has 10 heteroatoms. The van der Waals surface area contributed by atoms with E-state index in [0.29, 0.717) is 22.1 Å². The first kappa shape index (κ1) is 22.3. The number of nitrogens with one attached hydrogen (secondary N) is 1.